The highest BCUT2D eigenvalue weighted by atomic mass is 32.8. The fraction of sp³-hybridized carbons (Fsp3) is 0.526. The second-order valence-electron chi connectivity index (χ2n) is 30.0. The largest absolute Gasteiger partial charge is 0.457 e. The van der Waals surface area contributed by atoms with E-state index in [2.05, 4.69) is 218 Å². The Morgan fingerprint density at radius 2 is 0.696 bits per heavy atom. The van der Waals surface area contributed by atoms with Crippen molar-refractivity contribution in [2.45, 2.75) is 210 Å². The van der Waals surface area contributed by atoms with Crippen LogP contribution in [0.25, 0.3) is 0 Å². The van der Waals surface area contributed by atoms with Crippen LogP contribution in [0.15, 0.2) is 182 Å². The van der Waals surface area contributed by atoms with E-state index >= 15 is 0 Å². The lowest BCUT2D eigenvalue weighted by molar-refractivity contribution is -0.147. The van der Waals surface area contributed by atoms with E-state index in [1.807, 2.05) is 123 Å². The zero-order valence-electron chi connectivity index (χ0n) is 59.9. The molecule has 0 saturated carbocycles. The van der Waals surface area contributed by atoms with Crippen LogP contribution >= 0.6 is 0 Å². The summed E-state index contributed by atoms with van der Waals surface area (Å²) in [5.41, 5.74) is 4.45. The van der Waals surface area contributed by atoms with Crippen molar-refractivity contribution in [1.29, 1.82) is 0 Å². The van der Waals surface area contributed by atoms with Crippen molar-refractivity contribution in [2.24, 2.45) is 35.5 Å². The molecule has 1 unspecified atom stereocenters. The number of aliphatic hydroxyl groups excluding tert-OH is 1. The molecule has 502 valence electrons. The lowest BCUT2D eigenvalue weighted by Gasteiger charge is -2.41. The van der Waals surface area contributed by atoms with Crippen molar-refractivity contribution in [3.05, 3.63) is 215 Å². The summed E-state index contributed by atoms with van der Waals surface area (Å²) in [7, 11) is -4.23. The lowest BCUT2D eigenvalue weighted by atomic mass is 9.80. The number of ether oxygens (including phenoxy) is 4. The first-order chi connectivity index (χ1) is 43.4. The first kappa shape index (κ1) is 80.9. The minimum atomic E-state index is -2.14. The Morgan fingerprint density at radius 3 is 0.946 bits per heavy atom. The first-order valence-corrected chi connectivity index (χ1v) is 45.2. The van der Waals surface area contributed by atoms with Crippen LogP contribution < -0.4 is 0 Å². The number of carbonyl (C=O) groups is 1. The van der Waals surface area contributed by atoms with E-state index in [4.69, 9.17) is 27.8 Å². The van der Waals surface area contributed by atoms with E-state index < -0.39 is 40.2 Å². The molecule has 6 aromatic carbocycles. The molecule has 2 saturated heterocycles. The van der Waals surface area contributed by atoms with E-state index in [0.717, 1.165) is 57.1 Å². The summed E-state index contributed by atoms with van der Waals surface area (Å²) in [5.74, 6) is 3.10. The second kappa shape index (κ2) is 38.4. The molecule has 1 N–H and O–H groups in total. The Bertz CT molecular complexity index is 2740. The van der Waals surface area contributed by atoms with E-state index in [1.165, 1.54) is 21.1 Å². The summed E-state index contributed by atoms with van der Waals surface area (Å²) in [5, 5.41) is 16.9. The van der Waals surface area contributed by atoms with Crippen LogP contribution in [0.5, 0.6) is 0 Å². The quantitative estimate of drug-likeness (QED) is 0.0359. The van der Waals surface area contributed by atoms with Gasteiger partial charge in [-0.3, -0.25) is 4.79 Å². The fourth-order valence-corrected chi connectivity index (χ4v) is 17.7. The maximum absolute atomic E-state index is 12.7. The standard InChI is InChI=1S/C31H40O4Si.C31H38O4Si.4C4H9.2Al.S2.2H/c2*1-23-28(35-36(5,6)30(2,3)4)27(34-29(23)32)22-33-31(24-16-10-7-11-17-24,25-18-12-8-13-19-25)26-20-14-9-15-21-26;4*1-4(2)3;;;1-2;;/h7-21,23,27-29,32H,22H2,1-6H3;7-21,23,27-28H,22H2,1-6H3;4*4H,1H2,2-3H3;;;;;/t23-,27-,28+,29?;23-,27-,28+;;;;;;;;;/m11........./s1. The molecule has 2 aliphatic rings. The van der Waals surface area contributed by atoms with Gasteiger partial charge in [0, 0.05) is 28.3 Å². The molecule has 6 aromatic rings. The zero-order chi connectivity index (χ0) is 68.5. The summed E-state index contributed by atoms with van der Waals surface area (Å²) < 4.78 is 39.5. The van der Waals surface area contributed by atoms with Crippen LogP contribution in [0.3, 0.4) is 0 Å². The van der Waals surface area contributed by atoms with Crippen molar-refractivity contribution < 1.29 is 37.7 Å². The molecule has 2 heterocycles. The maximum Gasteiger partial charge on any atom is 0.311 e. The summed E-state index contributed by atoms with van der Waals surface area (Å²) in [6.07, 6.45) is -2.36. The number of cyclic esters (lactones) is 1. The molecule has 0 aliphatic carbocycles. The van der Waals surface area contributed by atoms with Crippen LogP contribution in [-0.2, 0) is 66.2 Å². The molecule has 14 heteroatoms. The average molecular weight is 1360 g/mol. The number of esters is 1. The molecule has 0 aromatic heterocycles. The van der Waals surface area contributed by atoms with Crippen molar-refractivity contribution in [3.63, 3.8) is 0 Å². The molecule has 8 rings (SSSR count). The lowest BCUT2D eigenvalue weighted by Crippen LogP contribution is -2.49. The predicted octanol–water partition coefficient (Wildman–Crippen LogP) is 18.8. The van der Waals surface area contributed by atoms with Gasteiger partial charge in [0.1, 0.15) is 17.3 Å². The molecule has 7 atom stereocenters. The average Bonchev–Trinajstić information content (AvgIpc) is 0.818. The van der Waals surface area contributed by atoms with Crippen LogP contribution in [0.1, 0.15) is 144 Å². The Hall–Kier alpha value is -3.51. The van der Waals surface area contributed by atoms with Crippen molar-refractivity contribution >= 4 is 75.4 Å². The Balaban J connectivity index is 0.000000303. The molecule has 0 bridgehead atoms. The smallest absolute Gasteiger partial charge is 0.311 e. The van der Waals surface area contributed by atoms with Crippen molar-refractivity contribution in [2.75, 3.05) is 13.2 Å². The molecule has 8 nitrogen and oxygen atoms in total. The highest BCUT2D eigenvalue weighted by Crippen LogP contribution is 2.46. The summed E-state index contributed by atoms with van der Waals surface area (Å²) in [6, 6.07) is 61.7. The number of carbonyl (C=O) groups excluding carboxylic acids is 1. The van der Waals surface area contributed by atoms with E-state index in [9.17, 15) is 9.90 Å². The van der Waals surface area contributed by atoms with Gasteiger partial charge in [0.25, 0.3) is 0 Å². The number of benzene rings is 6. The van der Waals surface area contributed by atoms with Gasteiger partial charge >= 0.3 is 5.97 Å². The van der Waals surface area contributed by atoms with Crippen LogP contribution in [0.2, 0.25) is 57.4 Å². The van der Waals surface area contributed by atoms with Gasteiger partial charge in [-0.1, -0.05) is 331 Å². The SMILES string of the molecule is CC(C)[CH2][AlH][CH2]C(C)C.CC(C)[CH2][AlH][CH2]C(C)C.C[C@H]1C(=O)O[C@H](COC(c2ccccc2)(c2ccccc2)c2ccccc2)[C@H]1O[Si](C)(C)C(C)(C)C.C[C@H]1C(O)O[C@H](COC(c2ccccc2)(c2ccccc2)c2ccccc2)[C@H]1O[Si](C)(C)C(C)(C)C.S=S. The molecule has 0 radical (unpaired) electrons. The van der Waals surface area contributed by atoms with Gasteiger partial charge in [-0.25, -0.2) is 0 Å². The highest BCUT2D eigenvalue weighted by Gasteiger charge is 2.52. The molecule has 0 spiro atoms. The normalized spacial score (nSPS) is 19.4. The van der Waals surface area contributed by atoms with Gasteiger partial charge in [-0.05, 0) is 76.6 Å². The number of rotatable bonds is 24. The van der Waals surface area contributed by atoms with Gasteiger partial charge in [0.2, 0.25) is 30.4 Å². The third-order valence-corrected chi connectivity index (χ3v) is 34.0. The molecule has 92 heavy (non-hydrogen) atoms. The van der Waals surface area contributed by atoms with E-state index in [0.29, 0.717) is 30.4 Å². The van der Waals surface area contributed by atoms with Gasteiger partial charge in [-0.15, -0.1) is 0 Å². The number of hydrogen-bond donors (Lipinski definition) is 1. The molecular weight excluding hydrogens is 1240 g/mol. The first-order valence-electron chi connectivity index (χ1n) is 34.0. The topological polar surface area (TPSA) is 92.7 Å². The van der Waals surface area contributed by atoms with Crippen molar-refractivity contribution in [1.82, 2.24) is 0 Å². The van der Waals surface area contributed by atoms with Gasteiger partial charge in [-0.2, -0.15) is 0 Å². The van der Waals surface area contributed by atoms with Crippen LogP contribution in [0.4, 0.5) is 0 Å². The molecule has 2 fully saturated rings. The second-order valence-corrected chi connectivity index (χ2v) is 43.2. The van der Waals surface area contributed by atoms with Crippen LogP contribution in [0, 0.1) is 35.5 Å². The molecule has 2 aliphatic heterocycles. The number of hydrogen-bond acceptors (Lipinski definition) is 10. The van der Waals surface area contributed by atoms with Gasteiger partial charge in [0.05, 0.1) is 31.3 Å². The zero-order valence-corrected chi connectivity index (χ0v) is 66.4. The fourth-order valence-electron chi connectivity index (χ4n) is 11.1. The molecular formula is C78H116Al2O8S2Si2. The summed E-state index contributed by atoms with van der Waals surface area (Å²) in [6.45, 7) is 45.2. The van der Waals surface area contributed by atoms with Gasteiger partial charge < -0.3 is 32.9 Å². The Labute approximate surface area is 582 Å². The Morgan fingerprint density at radius 1 is 0.446 bits per heavy atom. The van der Waals surface area contributed by atoms with Gasteiger partial charge in [0.15, 0.2) is 29.0 Å². The highest BCUT2D eigenvalue weighted by molar-refractivity contribution is 8.07. The van der Waals surface area contributed by atoms with E-state index in [-0.39, 0.29) is 59.4 Å². The summed E-state index contributed by atoms with van der Waals surface area (Å²) >= 11 is 7.97. The minimum Gasteiger partial charge on any atom is -0.457 e. The predicted molar refractivity (Wildman–Crippen MR) is 401 cm³/mol. The number of aliphatic hydroxyl groups is 1. The monoisotopic (exact) mass is 1350 g/mol. The van der Waals surface area contributed by atoms with E-state index in [1.54, 1.807) is 0 Å². The summed E-state index contributed by atoms with van der Waals surface area (Å²) in [4.78, 5) is 12.7. The third-order valence-electron chi connectivity index (χ3n) is 18.8. The minimum absolute atomic E-state index is 0.0195. The molecule has 0 amide bonds. The van der Waals surface area contributed by atoms with Crippen molar-refractivity contribution in [3.8, 4) is 0 Å². The maximum atomic E-state index is 12.7. The van der Waals surface area contributed by atoms with Crippen LogP contribution in [-0.4, -0.2) is 102 Å². The Kier molecular flexibility index (Phi) is 33.8. The third kappa shape index (κ3) is 23.4.